The van der Waals surface area contributed by atoms with Crippen LogP contribution in [0.4, 0.5) is 0 Å². The molecule has 0 rings (SSSR count). The first-order chi connectivity index (χ1) is 35.5. The van der Waals surface area contributed by atoms with Gasteiger partial charge in [0.2, 0.25) is 0 Å². The molecule has 0 spiro atoms. The highest BCUT2D eigenvalue weighted by molar-refractivity contribution is 7.47. The van der Waals surface area contributed by atoms with Crippen molar-refractivity contribution in [3.63, 3.8) is 0 Å². The third-order valence-corrected chi connectivity index (χ3v) is 15.9. The van der Waals surface area contributed by atoms with Gasteiger partial charge in [-0.3, -0.25) is 18.6 Å². The molecular formula is C63H127NO8P+. The quantitative estimate of drug-likeness (QED) is 0.0278. The Morgan fingerprint density at radius 1 is 0.370 bits per heavy atom. The number of carbonyl (C=O) groups excluding carboxylic acids is 2. The number of quaternary nitrogens is 1. The molecule has 1 N–H and O–H groups in total. The number of rotatable bonds is 61. The number of likely N-dealkylation sites (N-methyl/N-ethyl adjacent to an activating group) is 1. The average molecular weight is 1060 g/mol. The van der Waals surface area contributed by atoms with E-state index in [1.807, 2.05) is 21.1 Å². The Kier molecular flexibility index (Phi) is 55.0. The molecule has 0 aromatic carbocycles. The number of carbonyl (C=O) groups is 2. The molecule has 9 nitrogen and oxygen atoms in total. The van der Waals surface area contributed by atoms with E-state index in [9.17, 15) is 19.0 Å². The van der Waals surface area contributed by atoms with E-state index in [0.717, 1.165) is 38.5 Å². The summed E-state index contributed by atoms with van der Waals surface area (Å²) < 4.78 is 34.7. The fourth-order valence-electron chi connectivity index (χ4n) is 9.90. The molecule has 2 atom stereocenters. The van der Waals surface area contributed by atoms with Gasteiger partial charge in [-0.05, 0) is 12.8 Å². The molecule has 0 fully saturated rings. The number of phosphoric acid groups is 1. The maximum atomic E-state index is 12.8. The minimum absolute atomic E-state index is 0.0376. The molecule has 436 valence electrons. The highest BCUT2D eigenvalue weighted by Crippen LogP contribution is 2.43. The van der Waals surface area contributed by atoms with Gasteiger partial charge >= 0.3 is 19.8 Å². The van der Waals surface area contributed by atoms with E-state index in [2.05, 4.69) is 13.8 Å². The summed E-state index contributed by atoms with van der Waals surface area (Å²) in [5.41, 5.74) is 0. The molecule has 0 aliphatic rings. The standard InChI is InChI=1S/C63H126NO8P/c1-6-8-10-12-14-16-18-20-22-24-26-28-30-32-34-36-38-40-42-44-46-48-50-52-54-56-63(66)72-61(60-71-73(67,68)70-58-57-64(3,4)5)59-69-62(65)55-53-51-49-47-45-43-41-39-37-35-33-31-29-27-25-23-21-19-17-15-13-11-9-7-2/h61H,6-60H2,1-5H3/p+1. The molecule has 0 amide bonds. The van der Waals surface area contributed by atoms with Crippen LogP contribution in [0, 0.1) is 0 Å². The average Bonchev–Trinajstić information content (AvgIpc) is 3.35. The molecule has 73 heavy (non-hydrogen) atoms. The number of hydrogen-bond donors (Lipinski definition) is 1. The molecule has 2 unspecified atom stereocenters. The van der Waals surface area contributed by atoms with E-state index in [0.29, 0.717) is 17.4 Å². The van der Waals surface area contributed by atoms with Crippen LogP contribution in [0.1, 0.15) is 341 Å². The SMILES string of the molecule is CCCCCCCCCCCCCCCCCCCCCCCCCCCC(=O)OC(COC(=O)CCCCCCCCCCCCCCCCCCCCCCCCCC)COP(=O)(O)OCC[N+](C)(C)C. The maximum absolute atomic E-state index is 12.8. The minimum Gasteiger partial charge on any atom is -0.462 e. The summed E-state index contributed by atoms with van der Waals surface area (Å²) in [4.78, 5) is 35.8. The highest BCUT2D eigenvalue weighted by atomic mass is 31.2. The van der Waals surface area contributed by atoms with Gasteiger partial charge in [0.25, 0.3) is 0 Å². The van der Waals surface area contributed by atoms with Crippen molar-refractivity contribution in [1.29, 1.82) is 0 Å². The van der Waals surface area contributed by atoms with Crippen molar-refractivity contribution in [2.45, 2.75) is 347 Å². The molecule has 10 heteroatoms. The van der Waals surface area contributed by atoms with Crippen molar-refractivity contribution in [2.75, 3.05) is 47.5 Å². The Labute approximate surface area is 454 Å². The summed E-state index contributed by atoms with van der Waals surface area (Å²) in [6.07, 6.45) is 64.8. The molecule has 0 heterocycles. The summed E-state index contributed by atoms with van der Waals surface area (Å²) in [7, 11) is 1.51. The van der Waals surface area contributed by atoms with Crippen molar-refractivity contribution in [1.82, 2.24) is 0 Å². The summed E-state index contributed by atoms with van der Waals surface area (Å²) >= 11 is 0. The van der Waals surface area contributed by atoms with Crippen LogP contribution in [0.5, 0.6) is 0 Å². The molecule has 0 radical (unpaired) electrons. The van der Waals surface area contributed by atoms with E-state index in [-0.39, 0.29) is 25.6 Å². The number of esters is 2. The Morgan fingerprint density at radius 3 is 0.877 bits per heavy atom. The van der Waals surface area contributed by atoms with Crippen LogP contribution in [0.2, 0.25) is 0 Å². The van der Waals surface area contributed by atoms with Crippen molar-refractivity contribution in [3.8, 4) is 0 Å². The highest BCUT2D eigenvalue weighted by Gasteiger charge is 2.27. The molecule has 0 aliphatic carbocycles. The van der Waals surface area contributed by atoms with Gasteiger partial charge in [-0.1, -0.05) is 316 Å². The Morgan fingerprint density at radius 2 is 0.616 bits per heavy atom. The van der Waals surface area contributed by atoms with E-state index in [1.54, 1.807) is 0 Å². The van der Waals surface area contributed by atoms with Crippen LogP contribution in [-0.4, -0.2) is 74.9 Å². The molecule has 0 aromatic heterocycles. The third-order valence-electron chi connectivity index (χ3n) is 14.9. The number of hydrogen-bond acceptors (Lipinski definition) is 7. The van der Waals surface area contributed by atoms with Gasteiger partial charge in [-0.15, -0.1) is 0 Å². The minimum atomic E-state index is -4.38. The summed E-state index contributed by atoms with van der Waals surface area (Å²) in [6.45, 7) is 4.52. The number of phosphoric ester groups is 1. The Bertz CT molecular complexity index is 1200. The lowest BCUT2D eigenvalue weighted by atomic mass is 10.0. The smallest absolute Gasteiger partial charge is 0.462 e. The molecule has 0 aromatic rings. The van der Waals surface area contributed by atoms with Crippen molar-refractivity contribution < 1.29 is 42.1 Å². The van der Waals surface area contributed by atoms with Crippen molar-refractivity contribution >= 4 is 19.8 Å². The largest absolute Gasteiger partial charge is 0.472 e. The monoisotopic (exact) mass is 1060 g/mol. The van der Waals surface area contributed by atoms with Crippen LogP contribution in [0.15, 0.2) is 0 Å². The van der Waals surface area contributed by atoms with Gasteiger partial charge in [-0.2, -0.15) is 0 Å². The van der Waals surface area contributed by atoms with E-state index in [4.69, 9.17) is 18.5 Å². The lowest BCUT2D eigenvalue weighted by molar-refractivity contribution is -0.870. The zero-order valence-electron chi connectivity index (χ0n) is 49.7. The van der Waals surface area contributed by atoms with E-state index < -0.39 is 26.5 Å². The van der Waals surface area contributed by atoms with E-state index in [1.165, 1.54) is 276 Å². The van der Waals surface area contributed by atoms with Crippen LogP contribution in [0.25, 0.3) is 0 Å². The first-order valence-electron chi connectivity index (χ1n) is 32.3. The first-order valence-corrected chi connectivity index (χ1v) is 33.8. The molecule has 0 saturated carbocycles. The van der Waals surface area contributed by atoms with Gasteiger partial charge in [0.15, 0.2) is 6.10 Å². The summed E-state index contributed by atoms with van der Waals surface area (Å²) in [5.74, 6) is -0.770. The predicted octanol–water partition coefficient (Wildman–Crippen LogP) is 20.2. The van der Waals surface area contributed by atoms with Gasteiger partial charge in [0.05, 0.1) is 27.7 Å². The van der Waals surface area contributed by atoms with Crippen LogP contribution in [0.3, 0.4) is 0 Å². The fourth-order valence-corrected chi connectivity index (χ4v) is 10.6. The summed E-state index contributed by atoms with van der Waals surface area (Å²) in [6, 6.07) is 0. The lowest BCUT2D eigenvalue weighted by Crippen LogP contribution is -2.37. The normalized spacial score (nSPS) is 13.1. The van der Waals surface area contributed by atoms with Gasteiger partial charge in [-0.25, -0.2) is 4.57 Å². The molecule has 0 saturated heterocycles. The fraction of sp³-hybridized carbons (Fsp3) is 0.968. The number of nitrogens with zero attached hydrogens (tertiary/aromatic N) is 1. The summed E-state index contributed by atoms with van der Waals surface area (Å²) in [5, 5.41) is 0. The second-order valence-corrected chi connectivity index (χ2v) is 25.0. The van der Waals surface area contributed by atoms with Gasteiger partial charge in [0, 0.05) is 12.8 Å². The third kappa shape index (κ3) is 60.1. The van der Waals surface area contributed by atoms with Crippen molar-refractivity contribution in [2.24, 2.45) is 0 Å². The zero-order chi connectivity index (χ0) is 53.5. The zero-order valence-corrected chi connectivity index (χ0v) is 50.6. The lowest BCUT2D eigenvalue weighted by Gasteiger charge is -2.24. The molecule has 0 aliphatic heterocycles. The Balaban J connectivity index is 4.03. The van der Waals surface area contributed by atoms with Crippen molar-refractivity contribution in [3.05, 3.63) is 0 Å². The second kappa shape index (κ2) is 55.8. The maximum Gasteiger partial charge on any atom is 0.472 e. The predicted molar refractivity (Wildman–Crippen MR) is 312 cm³/mol. The van der Waals surface area contributed by atoms with Crippen LogP contribution in [-0.2, 0) is 32.7 Å². The topological polar surface area (TPSA) is 108 Å². The second-order valence-electron chi connectivity index (χ2n) is 23.5. The number of unbranched alkanes of at least 4 members (excludes halogenated alkanes) is 47. The first kappa shape index (κ1) is 72.0. The molecular weight excluding hydrogens is 930 g/mol. The Hall–Kier alpha value is -0.990. The van der Waals surface area contributed by atoms with Crippen LogP contribution >= 0.6 is 7.82 Å². The number of ether oxygens (including phenoxy) is 2. The van der Waals surface area contributed by atoms with E-state index >= 15 is 0 Å². The van der Waals surface area contributed by atoms with Gasteiger partial charge in [0.1, 0.15) is 19.8 Å². The van der Waals surface area contributed by atoms with Crippen LogP contribution < -0.4 is 0 Å². The molecule has 0 bridgehead atoms. The van der Waals surface area contributed by atoms with Gasteiger partial charge < -0.3 is 18.9 Å².